The molecule has 0 bridgehead atoms. The summed E-state index contributed by atoms with van der Waals surface area (Å²) in [7, 11) is 0. The first kappa shape index (κ1) is 28.1. The zero-order valence-corrected chi connectivity index (χ0v) is 20.3. The van der Waals surface area contributed by atoms with Gasteiger partial charge in [-0.2, -0.15) is 13.2 Å². The summed E-state index contributed by atoms with van der Waals surface area (Å²) in [6.07, 6.45) is -3.01. The molecule has 2 saturated carbocycles. The molecule has 4 atom stereocenters. The summed E-state index contributed by atoms with van der Waals surface area (Å²) in [5, 5.41) is 6.45. The van der Waals surface area contributed by atoms with Gasteiger partial charge in [0.25, 0.3) is 0 Å². The average Bonchev–Trinajstić information content (AvgIpc) is 3.26. The van der Waals surface area contributed by atoms with Crippen LogP contribution < -0.4 is 21.5 Å². The van der Waals surface area contributed by atoms with Gasteiger partial charge in [0.2, 0.25) is 0 Å². The van der Waals surface area contributed by atoms with E-state index in [0.29, 0.717) is 51.3 Å². The number of halogens is 5. The van der Waals surface area contributed by atoms with E-state index in [9.17, 15) is 26.7 Å². The zero-order chi connectivity index (χ0) is 25.4. The first-order chi connectivity index (χ1) is 16.7. The van der Waals surface area contributed by atoms with Crippen LogP contribution in [0.1, 0.15) is 64.7 Å². The van der Waals surface area contributed by atoms with Crippen molar-refractivity contribution in [2.24, 2.45) is 17.8 Å². The Morgan fingerprint density at radius 1 is 1.03 bits per heavy atom. The van der Waals surface area contributed by atoms with E-state index in [4.69, 9.17) is 4.74 Å². The van der Waals surface area contributed by atoms with Gasteiger partial charge in [0, 0.05) is 44.2 Å². The molecule has 0 aromatic heterocycles. The third-order valence-electron chi connectivity index (χ3n) is 7.32. The van der Waals surface area contributed by atoms with Gasteiger partial charge < -0.3 is 15.4 Å². The van der Waals surface area contributed by atoms with E-state index in [1.807, 2.05) is 6.92 Å². The molecule has 3 rings (SSSR count). The first-order valence-corrected chi connectivity index (χ1v) is 12.8. The van der Waals surface area contributed by atoms with E-state index in [1.54, 1.807) is 0 Å². The van der Waals surface area contributed by atoms with Crippen LogP contribution in [0.15, 0.2) is 11.9 Å². The number of alkyl halides is 5. The van der Waals surface area contributed by atoms with Crippen molar-refractivity contribution in [3.63, 3.8) is 0 Å². The molecule has 0 aromatic carbocycles. The number of hydrogen-bond donors (Lipinski definition) is 4. The van der Waals surface area contributed by atoms with Crippen molar-refractivity contribution in [1.29, 1.82) is 0 Å². The molecule has 0 radical (unpaired) electrons. The quantitative estimate of drug-likeness (QED) is 0.191. The van der Waals surface area contributed by atoms with Crippen LogP contribution in [0.25, 0.3) is 0 Å². The fourth-order valence-corrected chi connectivity index (χ4v) is 5.37. The monoisotopic (exact) mass is 510 g/mol. The van der Waals surface area contributed by atoms with Gasteiger partial charge in [-0.15, -0.1) is 0 Å². The molecule has 6 nitrogen and oxygen atoms in total. The summed E-state index contributed by atoms with van der Waals surface area (Å²) in [4.78, 5) is 12.9. The first-order valence-electron chi connectivity index (χ1n) is 12.8. The molecule has 11 heteroatoms. The highest BCUT2D eigenvalue weighted by Gasteiger charge is 2.42. The van der Waals surface area contributed by atoms with E-state index in [0.717, 1.165) is 0 Å². The summed E-state index contributed by atoms with van der Waals surface area (Å²) in [6, 6.07) is -0.100. The molecule has 4 N–H and O–H groups in total. The predicted molar refractivity (Wildman–Crippen MR) is 122 cm³/mol. The van der Waals surface area contributed by atoms with Crippen molar-refractivity contribution in [3.8, 4) is 0 Å². The molecule has 3 aliphatic rings. The van der Waals surface area contributed by atoms with Crippen molar-refractivity contribution in [1.82, 2.24) is 21.5 Å². The second-order valence-corrected chi connectivity index (χ2v) is 10.0. The number of hydrogen-bond acceptors (Lipinski definition) is 6. The van der Waals surface area contributed by atoms with Crippen molar-refractivity contribution in [3.05, 3.63) is 11.9 Å². The minimum Gasteiger partial charge on any atom is -0.382 e. The standard InChI is InChI=1S/C24H39F5N4O2/c1-2-35-9-3-8-30-22(14-21(34)15-4-6-17(7-5-15)24(27,28)29)31-23-13-20(32-33-23)16-10-18(25)12-19(26)11-16/h14-20,23,30-33H,2-13H2,1H3/b22-14-. The van der Waals surface area contributed by atoms with Crippen LogP contribution in [-0.4, -0.2) is 56.3 Å². The second-order valence-electron chi connectivity index (χ2n) is 10.0. The maximum atomic E-state index is 13.8. The van der Waals surface area contributed by atoms with E-state index in [1.165, 1.54) is 6.08 Å². The fraction of sp³-hybridized carbons (Fsp3) is 0.875. The Kier molecular flexibility index (Phi) is 10.6. The lowest BCUT2D eigenvalue weighted by molar-refractivity contribution is -0.184. The molecule has 4 unspecified atom stereocenters. The topological polar surface area (TPSA) is 74.4 Å². The molecular formula is C24H39F5N4O2. The van der Waals surface area contributed by atoms with Gasteiger partial charge in [0.15, 0.2) is 5.78 Å². The number of carbonyl (C=O) groups is 1. The number of nitrogens with one attached hydrogen (secondary N) is 4. The number of rotatable bonds is 11. The smallest absolute Gasteiger partial charge is 0.382 e. The summed E-state index contributed by atoms with van der Waals surface area (Å²) in [5.41, 5.74) is 6.23. The summed E-state index contributed by atoms with van der Waals surface area (Å²) in [6.45, 7) is 3.63. The molecule has 1 heterocycles. The minimum atomic E-state index is -4.21. The molecular weight excluding hydrogens is 471 g/mol. The Hall–Kier alpha value is -1.46. The van der Waals surface area contributed by atoms with Gasteiger partial charge in [-0.1, -0.05) is 0 Å². The number of hydrazine groups is 1. The van der Waals surface area contributed by atoms with Gasteiger partial charge in [0.1, 0.15) is 18.2 Å². The largest absolute Gasteiger partial charge is 0.391 e. The lowest BCUT2D eigenvalue weighted by Crippen LogP contribution is -2.45. The highest BCUT2D eigenvalue weighted by Crippen LogP contribution is 2.40. The Balaban J connectivity index is 1.56. The number of ether oxygens (including phenoxy) is 1. The maximum Gasteiger partial charge on any atom is 0.391 e. The van der Waals surface area contributed by atoms with Gasteiger partial charge in [0.05, 0.1) is 12.1 Å². The van der Waals surface area contributed by atoms with E-state index >= 15 is 0 Å². The summed E-state index contributed by atoms with van der Waals surface area (Å²) >= 11 is 0. The molecule has 1 saturated heterocycles. The molecule has 202 valence electrons. The van der Waals surface area contributed by atoms with Crippen molar-refractivity contribution < 1.29 is 31.5 Å². The number of carbonyl (C=O) groups excluding carboxylic acids is 1. The molecule has 1 aliphatic heterocycles. The highest BCUT2D eigenvalue weighted by atomic mass is 19.4. The van der Waals surface area contributed by atoms with Crippen LogP contribution in [-0.2, 0) is 9.53 Å². The molecule has 3 fully saturated rings. The molecule has 0 amide bonds. The van der Waals surface area contributed by atoms with Crippen LogP contribution in [0, 0.1) is 17.8 Å². The van der Waals surface area contributed by atoms with Crippen LogP contribution >= 0.6 is 0 Å². The summed E-state index contributed by atoms with van der Waals surface area (Å²) < 4.78 is 71.9. The number of allylic oxidation sites excluding steroid dienone is 1. The summed E-state index contributed by atoms with van der Waals surface area (Å²) in [5.74, 6) is -1.59. The predicted octanol–water partition coefficient (Wildman–Crippen LogP) is 4.04. The number of ketones is 1. The van der Waals surface area contributed by atoms with E-state index in [2.05, 4.69) is 21.5 Å². The Labute approximate surface area is 204 Å². The Morgan fingerprint density at radius 3 is 2.34 bits per heavy atom. The molecule has 2 aliphatic carbocycles. The zero-order valence-electron chi connectivity index (χ0n) is 20.3. The maximum absolute atomic E-state index is 13.8. The third kappa shape index (κ3) is 8.86. The Morgan fingerprint density at radius 2 is 1.71 bits per heavy atom. The molecule has 0 aromatic rings. The lowest BCUT2D eigenvalue weighted by atomic mass is 9.79. The normalized spacial score (nSPS) is 34.6. The van der Waals surface area contributed by atoms with Gasteiger partial charge in [-0.3, -0.25) is 10.2 Å². The van der Waals surface area contributed by atoms with Crippen molar-refractivity contribution in [2.75, 3.05) is 19.8 Å². The van der Waals surface area contributed by atoms with Crippen LogP contribution in [0.2, 0.25) is 0 Å². The second kappa shape index (κ2) is 13.2. The molecule has 0 spiro atoms. The molecule has 35 heavy (non-hydrogen) atoms. The highest BCUT2D eigenvalue weighted by molar-refractivity contribution is 5.92. The SMILES string of the molecule is CCOCCCN/C(=C/C(=O)C1CCC(C(F)(F)F)CC1)NC1CC(C2CC(F)CC(F)C2)NN1. The minimum absolute atomic E-state index is 0.0272. The fourth-order valence-electron chi connectivity index (χ4n) is 5.37. The lowest BCUT2D eigenvalue weighted by Gasteiger charge is -2.31. The average molecular weight is 511 g/mol. The Bertz CT molecular complexity index is 690. The van der Waals surface area contributed by atoms with Crippen molar-refractivity contribution in [2.45, 2.75) is 95.4 Å². The van der Waals surface area contributed by atoms with Gasteiger partial charge >= 0.3 is 6.18 Å². The van der Waals surface area contributed by atoms with Gasteiger partial charge in [-0.05, 0) is 64.2 Å². The van der Waals surface area contributed by atoms with Crippen LogP contribution in [0.5, 0.6) is 0 Å². The third-order valence-corrected chi connectivity index (χ3v) is 7.32. The van der Waals surface area contributed by atoms with E-state index < -0.39 is 30.4 Å². The van der Waals surface area contributed by atoms with Crippen LogP contribution in [0.3, 0.4) is 0 Å². The van der Waals surface area contributed by atoms with E-state index in [-0.39, 0.29) is 56.0 Å². The van der Waals surface area contributed by atoms with Crippen molar-refractivity contribution >= 4 is 5.78 Å². The van der Waals surface area contributed by atoms with Crippen LogP contribution in [0.4, 0.5) is 22.0 Å². The van der Waals surface area contributed by atoms with Gasteiger partial charge in [-0.25, -0.2) is 14.2 Å².